The molecule has 0 spiro atoms. The number of carbonyl (C=O) groups is 2. The molecule has 1 aromatic heterocycles. The molecule has 0 fully saturated rings. The second-order valence-electron chi connectivity index (χ2n) is 4.10. The maximum absolute atomic E-state index is 11.4. The quantitative estimate of drug-likeness (QED) is 0.787. The van der Waals surface area contributed by atoms with E-state index in [-0.39, 0.29) is 23.0 Å². The predicted molar refractivity (Wildman–Crippen MR) is 70.8 cm³/mol. The van der Waals surface area contributed by atoms with E-state index in [9.17, 15) is 9.59 Å². The average Bonchev–Trinajstić information content (AvgIpc) is 2.39. The fraction of sp³-hybridized carbons (Fsp3) is 0.133. The van der Waals surface area contributed by atoms with E-state index in [1.807, 2.05) is 18.2 Å². The summed E-state index contributed by atoms with van der Waals surface area (Å²) in [6.45, 7) is 2.80. The lowest BCUT2D eigenvalue weighted by Gasteiger charge is -2.08. The Hall–Kier alpha value is -2.49. The van der Waals surface area contributed by atoms with E-state index in [2.05, 4.69) is 4.98 Å². The summed E-state index contributed by atoms with van der Waals surface area (Å²) in [5.41, 5.74) is 0.442. The number of nitrogens with zero attached hydrogens (tertiary/aromatic N) is 1. The fourth-order valence-corrected chi connectivity index (χ4v) is 1.55. The first kappa shape index (κ1) is 13.0. The molecular weight excluding hydrogens is 242 g/mol. The summed E-state index contributed by atoms with van der Waals surface area (Å²) >= 11 is 0. The summed E-state index contributed by atoms with van der Waals surface area (Å²) < 4.78 is 5.62. The van der Waals surface area contributed by atoms with E-state index in [0.29, 0.717) is 11.5 Å². The second-order valence-corrected chi connectivity index (χ2v) is 4.10. The van der Waals surface area contributed by atoms with Crippen LogP contribution >= 0.6 is 0 Å². The smallest absolute Gasteiger partial charge is 0.178 e. The fourth-order valence-electron chi connectivity index (χ4n) is 1.55. The number of benzene rings is 1. The van der Waals surface area contributed by atoms with Crippen molar-refractivity contribution in [3.63, 3.8) is 0 Å². The van der Waals surface area contributed by atoms with Crippen LogP contribution in [0.15, 0.2) is 42.5 Å². The van der Waals surface area contributed by atoms with Crippen molar-refractivity contribution in [1.29, 1.82) is 0 Å². The summed E-state index contributed by atoms with van der Waals surface area (Å²) in [5, 5.41) is 0. The third kappa shape index (κ3) is 3.25. The lowest BCUT2D eigenvalue weighted by Crippen LogP contribution is -2.04. The molecule has 0 radical (unpaired) electrons. The van der Waals surface area contributed by atoms with Gasteiger partial charge in [0.15, 0.2) is 11.6 Å². The largest absolute Gasteiger partial charge is 0.457 e. The maximum atomic E-state index is 11.4. The molecule has 0 aliphatic carbocycles. The van der Waals surface area contributed by atoms with Crippen LogP contribution in [-0.2, 0) is 0 Å². The molecule has 4 nitrogen and oxygen atoms in total. The molecule has 2 aromatic rings. The number of rotatable bonds is 4. The number of ether oxygens (including phenoxy) is 1. The Labute approximate surface area is 111 Å². The van der Waals surface area contributed by atoms with Gasteiger partial charge in [-0.05, 0) is 12.1 Å². The van der Waals surface area contributed by atoms with E-state index in [1.54, 1.807) is 12.1 Å². The highest BCUT2D eigenvalue weighted by Crippen LogP contribution is 2.22. The van der Waals surface area contributed by atoms with Crippen molar-refractivity contribution in [2.75, 3.05) is 0 Å². The molecule has 0 aliphatic heterocycles. The number of ketones is 2. The molecule has 0 N–H and O–H groups in total. The summed E-state index contributed by atoms with van der Waals surface area (Å²) in [4.78, 5) is 26.8. The maximum Gasteiger partial charge on any atom is 0.178 e. The summed E-state index contributed by atoms with van der Waals surface area (Å²) in [5.74, 6) is 0.649. The van der Waals surface area contributed by atoms with Crippen molar-refractivity contribution in [3.8, 4) is 11.5 Å². The van der Waals surface area contributed by atoms with Crippen LogP contribution in [0.1, 0.15) is 34.8 Å². The lowest BCUT2D eigenvalue weighted by atomic mass is 10.2. The van der Waals surface area contributed by atoms with Crippen LogP contribution < -0.4 is 4.74 Å². The van der Waals surface area contributed by atoms with Crippen LogP contribution in [0, 0.1) is 0 Å². The highest BCUT2D eigenvalue weighted by molar-refractivity contribution is 5.96. The monoisotopic (exact) mass is 255 g/mol. The van der Waals surface area contributed by atoms with E-state index in [0.717, 1.165) is 0 Å². The van der Waals surface area contributed by atoms with Gasteiger partial charge in [0, 0.05) is 26.0 Å². The second kappa shape index (κ2) is 5.44. The van der Waals surface area contributed by atoms with Crippen molar-refractivity contribution in [1.82, 2.24) is 4.98 Å². The normalized spacial score (nSPS) is 10.0. The van der Waals surface area contributed by atoms with Crippen LogP contribution in [0.3, 0.4) is 0 Å². The minimum Gasteiger partial charge on any atom is -0.457 e. The third-order valence-electron chi connectivity index (χ3n) is 2.50. The third-order valence-corrected chi connectivity index (χ3v) is 2.50. The zero-order valence-electron chi connectivity index (χ0n) is 10.7. The number of pyridine rings is 1. The molecule has 0 amide bonds. The molecule has 0 unspecified atom stereocenters. The Kier molecular flexibility index (Phi) is 3.71. The Bertz CT molecular complexity index is 588. The number of hydrogen-bond acceptors (Lipinski definition) is 4. The van der Waals surface area contributed by atoms with Gasteiger partial charge in [-0.1, -0.05) is 18.2 Å². The van der Waals surface area contributed by atoms with Gasteiger partial charge in [-0.3, -0.25) is 9.59 Å². The molecular formula is C15H13NO3. The van der Waals surface area contributed by atoms with Gasteiger partial charge in [0.05, 0.1) is 0 Å². The SMILES string of the molecule is CC(=O)c1cc(Oc2ccccc2)cc(C(C)=O)n1. The molecule has 1 aromatic carbocycles. The number of Topliss-reactive ketones (excluding diaryl/α,β-unsaturated/α-hetero) is 2. The van der Waals surface area contributed by atoms with Crippen molar-refractivity contribution >= 4 is 11.6 Å². The number of aromatic nitrogens is 1. The molecule has 19 heavy (non-hydrogen) atoms. The molecule has 0 atom stereocenters. The first-order valence-corrected chi connectivity index (χ1v) is 5.83. The molecule has 96 valence electrons. The van der Waals surface area contributed by atoms with Crippen LogP contribution in [0.25, 0.3) is 0 Å². The number of hydrogen-bond donors (Lipinski definition) is 0. The highest BCUT2D eigenvalue weighted by Gasteiger charge is 2.10. The van der Waals surface area contributed by atoms with Gasteiger partial charge in [0.2, 0.25) is 0 Å². The Morgan fingerprint density at radius 3 is 1.89 bits per heavy atom. The summed E-state index contributed by atoms with van der Waals surface area (Å²) in [7, 11) is 0. The lowest BCUT2D eigenvalue weighted by molar-refractivity contribution is 0.100. The zero-order chi connectivity index (χ0) is 13.8. The van der Waals surface area contributed by atoms with E-state index in [4.69, 9.17) is 4.74 Å². The van der Waals surface area contributed by atoms with Gasteiger partial charge in [0.25, 0.3) is 0 Å². The number of para-hydroxylation sites is 1. The van der Waals surface area contributed by atoms with Gasteiger partial charge in [-0.2, -0.15) is 0 Å². The van der Waals surface area contributed by atoms with Crippen molar-refractivity contribution in [2.45, 2.75) is 13.8 Å². The van der Waals surface area contributed by atoms with Gasteiger partial charge >= 0.3 is 0 Å². The van der Waals surface area contributed by atoms with Crippen molar-refractivity contribution in [2.24, 2.45) is 0 Å². The molecule has 0 saturated carbocycles. The number of carbonyl (C=O) groups excluding carboxylic acids is 2. The van der Waals surface area contributed by atoms with Gasteiger partial charge in [-0.15, -0.1) is 0 Å². The molecule has 0 aliphatic rings. The van der Waals surface area contributed by atoms with Crippen LogP contribution in [-0.4, -0.2) is 16.6 Å². The van der Waals surface area contributed by atoms with Crippen LogP contribution in [0.4, 0.5) is 0 Å². The summed E-state index contributed by atoms with van der Waals surface area (Å²) in [6.07, 6.45) is 0. The van der Waals surface area contributed by atoms with Crippen LogP contribution in [0.5, 0.6) is 11.5 Å². The molecule has 2 rings (SSSR count). The average molecular weight is 255 g/mol. The molecule has 1 heterocycles. The van der Waals surface area contributed by atoms with E-state index in [1.165, 1.54) is 26.0 Å². The van der Waals surface area contributed by atoms with Crippen molar-refractivity contribution < 1.29 is 14.3 Å². The molecule has 4 heteroatoms. The Morgan fingerprint density at radius 2 is 1.42 bits per heavy atom. The zero-order valence-corrected chi connectivity index (χ0v) is 10.7. The first-order valence-electron chi connectivity index (χ1n) is 5.83. The minimum absolute atomic E-state index is 0.207. The van der Waals surface area contributed by atoms with E-state index >= 15 is 0 Å². The van der Waals surface area contributed by atoms with Gasteiger partial charge in [0.1, 0.15) is 22.9 Å². The Morgan fingerprint density at radius 1 is 0.895 bits per heavy atom. The standard InChI is InChI=1S/C15H13NO3/c1-10(17)14-8-13(9-15(16-14)11(2)18)19-12-6-4-3-5-7-12/h3-9H,1-2H3. The highest BCUT2D eigenvalue weighted by atomic mass is 16.5. The summed E-state index contributed by atoms with van der Waals surface area (Å²) in [6, 6.07) is 12.2. The van der Waals surface area contributed by atoms with E-state index < -0.39 is 0 Å². The van der Waals surface area contributed by atoms with Gasteiger partial charge in [-0.25, -0.2) is 4.98 Å². The van der Waals surface area contributed by atoms with Gasteiger partial charge < -0.3 is 4.74 Å². The van der Waals surface area contributed by atoms with Crippen molar-refractivity contribution in [3.05, 3.63) is 53.9 Å². The Balaban J connectivity index is 2.39. The minimum atomic E-state index is -0.207. The topological polar surface area (TPSA) is 56.3 Å². The molecule has 0 saturated heterocycles. The first-order chi connectivity index (χ1) is 9.06. The molecule has 0 bridgehead atoms. The predicted octanol–water partition coefficient (Wildman–Crippen LogP) is 3.28. The van der Waals surface area contributed by atoms with Crippen LogP contribution in [0.2, 0.25) is 0 Å².